The minimum Gasteiger partial charge on any atom is -0.346 e. The van der Waals surface area contributed by atoms with Gasteiger partial charge in [0.2, 0.25) is 0 Å². The fourth-order valence-electron chi connectivity index (χ4n) is 3.09. The van der Waals surface area contributed by atoms with Crippen molar-refractivity contribution < 1.29 is 4.79 Å². The third-order valence-corrected chi connectivity index (χ3v) is 5.08. The number of carbonyl (C=O) groups is 1. The largest absolute Gasteiger partial charge is 0.346 e. The van der Waals surface area contributed by atoms with E-state index < -0.39 is 0 Å². The van der Waals surface area contributed by atoms with Gasteiger partial charge in [-0.3, -0.25) is 4.79 Å². The Hall–Kier alpha value is -2.11. The molecule has 3 rings (SSSR count). The number of carbonyl (C=O) groups excluding carboxylic acids is 1. The molecule has 0 atom stereocenters. The van der Waals surface area contributed by atoms with E-state index in [1.807, 2.05) is 81.8 Å². The second kappa shape index (κ2) is 7.72. The molecule has 6 heteroatoms. The molecule has 0 aliphatic heterocycles. The zero-order valence-corrected chi connectivity index (χ0v) is 18.9. The molecule has 1 amide bonds. The zero-order chi connectivity index (χ0) is 20.6. The number of hydrogen-bond acceptors (Lipinski definition) is 2. The second-order valence-corrected chi connectivity index (χ2v) is 9.23. The molecule has 0 fully saturated rings. The number of benzene rings is 2. The number of amides is 1. The fraction of sp³-hybridized carbons (Fsp3) is 0.273. The summed E-state index contributed by atoms with van der Waals surface area (Å²) >= 11 is 9.58. The number of aromatic nitrogens is 2. The summed E-state index contributed by atoms with van der Waals surface area (Å²) in [6, 6.07) is 13.6. The van der Waals surface area contributed by atoms with Gasteiger partial charge in [-0.15, -0.1) is 0 Å². The lowest BCUT2D eigenvalue weighted by molar-refractivity contribution is 0.0913. The highest BCUT2D eigenvalue weighted by Gasteiger charge is 2.25. The van der Waals surface area contributed by atoms with Crippen LogP contribution in [0.4, 0.5) is 0 Å². The molecule has 0 spiro atoms. The fourth-order valence-corrected chi connectivity index (χ4v) is 3.69. The molecule has 0 aliphatic rings. The Morgan fingerprint density at radius 1 is 1.11 bits per heavy atom. The molecular weight excluding hydrogens is 438 g/mol. The van der Waals surface area contributed by atoms with Crippen molar-refractivity contribution in [2.24, 2.45) is 0 Å². The van der Waals surface area contributed by atoms with Gasteiger partial charge in [0.1, 0.15) is 0 Å². The molecule has 0 saturated carbocycles. The Morgan fingerprint density at radius 3 is 2.32 bits per heavy atom. The van der Waals surface area contributed by atoms with Crippen LogP contribution in [0.15, 0.2) is 46.9 Å². The summed E-state index contributed by atoms with van der Waals surface area (Å²) in [6.07, 6.45) is 0. The first-order chi connectivity index (χ1) is 13.1. The number of aryl methyl sites for hydroxylation is 1. The molecule has 0 unspecified atom stereocenters. The molecule has 0 radical (unpaired) electrons. The Labute approximate surface area is 179 Å². The molecule has 146 valence electrons. The molecule has 2 aromatic carbocycles. The molecule has 4 nitrogen and oxygen atoms in total. The topological polar surface area (TPSA) is 46.9 Å². The minimum atomic E-state index is -0.346. The first-order valence-electron chi connectivity index (χ1n) is 9.01. The van der Waals surface area contributed by atoms with Crippen LogP contribution in [0.3, 0.4) is 0 Å². The third kappa shape index (κ3) is 4.31. The number of halogens is 2. The Kier molecular flexibility index (Phi) is 5.69. The van der Waals surface area contributed by atoms with Crippen molar-refractivity contribution in [2.75, 3.05) is 0 Å². The van der Waals surface area contributed by atoms with Crippen LogP contribution in [0.25, 0.3) is 16.9 Å². The Bertz CT molecular complexity index is 1030. The highest BCUT2D eigenvalue weighted by atomic mass is 79.9. The molecular formula is C22H23BrClN3O. The van der Waals surface area contributed by atoms with E-state index in [9.17, 15) is 4.79 Å². The highest BCUT2D eigenvalue weighted by molar-refractivity contribution is 9.10. The van der Waals surface area contributed by atoms with Gasteiger partial charge in [-0.05, 0) is 70.5 Å². The predicted octanol–water partition coefficient (Wildman–Crippen LogP) is 6.10. The van der Waals surface area contributed by atoms with Gasteiger partial charge in [0.25, 0.3) is 5.91 Å². The molecule has 1 aromatic heterocycles. The van der Waals surface area contributed by atoms with Gasteiger partial charge in [0, 0.05) is 26.2 Å². The van der Waals surface area contributed by atoms with Crippen LogP contribution in [0.1, 0.15) is 42.4 Å². The minimum absolute atomic E-state index is 0.186. The first kappa shape index (κ1) is 20.6. The lowest BCUT2D eigenvalue weighted by Crippen LogP contribution is -2.41. The molecule has 0 bridgehead atoms. The van der Waals surface area contributed by atoms with Gasteiger partial charge in [-0.1, -0.05) is 39.7 Å². The summed E-state index contributed by atoms with van der Waals surface area (Å²) in [5, 5.41) is 8.38. The van der Waals surface area contributed by atoms with E-state index in [0.29, 0.717) is 10.7 Å². The molecule has 1 N–H and O–H groups in total. The van der Waals surface area contributed by atoms with E-state index in [2.05, 4.69) is 21.2 Å². The number of rotatable bonds is 3. The summed E-state index contributed by atoms with van der Waals surface area (Å²) in [4.78, 5) is 12.9. The van der Waals surface area contributed by atoms with Crippen molar-refractivity contribution >= 4 is 33.4 Å². The van der Waals surface area contributed by atoms with Gasteiger partial charge < -0.3 is 5.32 Å². The predicted molar refractivity (Wildman–Crippen MR) is 118 cm³/mol. The standard InChI is InChI=1S/C22H23BrClN3O/c1-13-12-16(23)8-11-18(13)27-20(15-6-9-17(24)10-7-15)14(2)19(26-27)21(28)25-22(3,4)5/h6-12H,1-5H3,(H,25,28). The molecule has 1 heterocycles. The number of hydrogen-bond donors (Lipinski definition) is 1. The van der Waals surface area contributed by atoms with E-state index in [4.69, 9.17) is 16.7 Å². The monoisotopic (exact) mass is 459 g/mol. The average molecular weight is 461 g/mol. The molecule has 0 saturated heterocycles. The maximum absolute atomic E-state index is 12.9. The van der Waals surface area contributed by atoms with E-state index >= 15 is 0 Å². The maximum atomic E-state index is 12.9. The Morgan fingerprint density at radius 2 is 1.75 bits per heavy atom. The first-order valence-corrected chi connectivity index (χ1v) is 10.2. The zero-order valence-electron chi connectivity index (χ0n) is 16.6. The maximum Gasteiger partial charge on any atom is 0.272 e. The van der Waals surface area contributed by atoms with Gasteiger partial charge >= 0.3 is 0 Å². The van der Waals surface area contributed by atoms with Gasteiger partial charge in [-0.25, -0.2) is 4.68 Å². The van der Waals surface area contributed by atoms with E-state index in [0.717, 1.165) is 32.5 Å². The summed E-state index contributed by atoms with van der Waals surface area (Å²) in [7, 11) is 0. The van der Waals surface area contributed by atoms with Crippen molar-refractivity contribution in [3.8, 4) is 16.9 Å². The molecule has 3 aromatic rings. The van der Waals surface area contributed by atoms with Crippen molar-refractivity contribution in [3.63, 3.8) is 0 Å². The van der Waals surface area contributed by atoms with Gasteiger partial charge in [0.05, 0.1) is 11.4 Å². The highest BCUT2D eigenvalue weighted by Crippen LogP contribution is 2.31. The van der Waals surface area contributed by atoms with Crippen molar-refractivity contribution in [1.82, 2.24) is 15.1 Å². The number of nitrogens with zero attached hydrogens (tertiary/aromatic N) is 2. The summed E-state index contributed by atoms with van der Waals surface area (Å²) in [5.41, 5.74) is 4.70. The number of nitrogens with one attached hydrogen (secondary N) is 1. The molecule has 0 aliphatic carbocycles. The lowest BCUT2D eigenvalue weighted by atomic mass is 10.0. The van der Waals surface area contributed by atoms with E-state index in [1.54, 1.807) is 0 Å². The lowest BCUT2D eigenvalue weighted by Gasteiger charge is -2.19. The van der Waals surface area contributed by atoms with Crippen molar-refractivity contribution in [3.05, 3.63) is 68.8 Å². The summed E-state index contributed by atoms with van der Waals surface area (Å²) < 4.78 is 2.84. The van der Waals surface area contributed by atoms with Gasteiger partial charge in [-0.2, -0.15) is 5.10 Å². The van der Waals surface area contributed by atoms with Crippen LogP contribution >= 0.6 is 27.5 Å². The molecule has 28 heavy (non-hydrogen) atoms. The smallest absolute Gasteiger partial charge is 0.272 e. The van der Waals surface area contributed by atoms with Crippen LogP contribution < -0.4 is 5.32 Å². The van der Waals surface area contributed by atoms with Crippen molar-refractivity contribution in [2.45, 2.75) is 40.2 Å². The van der Waals surface area contributed by atoms with Crippen LogP contribution in [0.5, 0.6) is 0 Å². The quantitative estimate of drug-likeness (QED) is 0.513. The van der Waals surface area contributed by atoms with Crippen LogP contribution in [-0.4, -0.2) is 21.2 Å². The van der Waals surface area contributed by atoms with Crippen LogP contribution in [-0.2, 0) is 0 Å². The second-order valence-electron chi connectivity index (χ2n) is 7.88. The van der Waals surface area contributed by atoms with Crippen LogP contribution in [0, 0.1) is 13.8 Å². The Balaban J connectivity index is 2.23. The van der Waals surface area contributed by atoms with E-state index in [-0.39, 0.29) is 11.4 Å². The third-order valence-electron chi connectivity index (χ3n) is 4.33. The van der Waals surface area contributed by atoms with Gasteiger partial charge in [0.15, 0.2) is 5.69 Å². The average Bonchev–Trinajstić information content (AvgIpc) is 2.91. The summed E-state index contributed by atoms with van der Waals surface area (Å²) in [5.74, 6) is -0.186. The van der Waals surface area contributed by atoms with E-state index in [1.165, 1.54) is 0 Å². The van der Waals surface area contributed by atoms with Crippen molar-refractivity contribution in [1.29, 1.82) is 0 Å². The van der Waals surface area contributed by atoms with Crippen LogP contribution in [0.2, 0.25) is 5.02 Å². The normalized spacial score (nSPS) is 11.5. The SMILES string of the molecule is Cc1cc(Br)ccc1-n1nc(C(=O)NC(C)(C)C)c(C)c1-c1ccc(Cl)cc1. The summed E-state index contributed by atoms with van der Waals surface area (Å²) in [6.45, 7) is 9.82.